The van der Waals surface area contributed by atoms with Gasteiger partial charge in [-0.15, -0.1) is 0 Å². The Morgan fingerprint density at radius 1 is 1.50 bits per heavy atom. The van der Waals surface area contributed by atoms with E-state index in [-0.39, 0.29) is 24.9 Å². The zero-order valence-electron chi connectivity index (χ0n) is 7.04. The fraction of sp³-hybridized carbons (Fsp3) is 0.750. The van der Waals surface area contributed by atoms with Crippen LogP contribution in [-0.4, -0.2) is 35.8 Å². The van der Waals surface area contributed by atoms with Crippen molar-refractivity contribution in [2.24, 2.45) is 5.92 Å². The lowest BCUT2D eigenvalue weighted by Gasteiger charge is -2.26. The molecule has 4 nitrogen and oxygen atoms in total. The molecule has 1 aliphatic heterocycles. The molecule has 1 N–H and O–H groups in total. The summed E-state index contributed by atoms with van der Waals surface area (Å²) in [4.78, 5) is 23.9. The average molecular weight is 168 g/mol. The summed E-state index contributed by atoms with van der Waals surface area (Å²) < 4.78 is 0. The molecule has 12 heavy (non-hydrogen) atoms. The van der Waals surface area contributed by atoms with Gasteiger partial charge in [0.2, 0.25) is 11.8 Å². The van der Waals surface area contributed by atoms with Crippen molar-refractivity contribution in [2.45, 2.75) is 19.4 Å². The van der Waals surface area contributed by atoms with Gasteiger partial charge in [-0.25, -0.2) is 0 Å². The van der Waals surface area contributed by atoms with Gasteiger partial charge in [0.15, 0.2) is 0 Å². The van der Waals surface area contributed by atoms with Crippen molar-refractivity contribution in [2.75, 3.05) is 13.1 Å². The summed E-state index contributed by atoms with van der Waals surface area (Å²) in [5.41, 5.74) is 0. The van der Waals surface area contributed by atoms with E-state index in [0.717, 1.165) is 6.42 Å². The zero-order chi connectivity index (χ0) is 8.72. The monoisotopic (exact) mass is 168 g/mol. The fourth-order valence-electron chi connectivity index (χ4n) is 1.61. The van der Waals surface area contributed by atoms with Gasteiger partial charge >= 0.3 is 0 Å². The molecule has 1 heterocycles. The molecule has 66 valence electrons. The summed E-state index contributed by atoms with van der Waals surface area (Å²) in [5.74, 6) is 0.609. The van der Waals surface area contributed by atoms with Crippen LogP contribution < -0.4 is 5.32 Å². The Hall–Kier alpha value is -1.06. The molecule has 1 saturated heterocycles. The molecular weight excluding hydrogens is 156 g/mol. The predicted octanol–water partition coefficient (Wildman–Crippen LogP) is -0.647. The average Bonchev–Trinajstić information content (AvgIpc) is 2.73. The molecular formula is C8H12N2O2. The molecule has 0 aromatic carbocycles. The molecule has 0 spiro atoms. The first-order valence-corrected chi connectivity index (χ1v) is 4.24. The van der Waals surface area contributed by atoms with Crippen LogP contribution in [0.2, 0.25) is 0 Å². The second-order valence-electron chi connectivity index (χ2n) is 3.58. The molecule has 2 rings (SSSR count). The Bertz CT molecular complexity index is 239. The van der Waals surface area contributed by atoms with Gasteiger partial charge < -0.3 is 10.2 Å². The lowest BCUT2D eigenvalue weighted by atomic mass is 10.3. The number of piperazine rings is 1. The Kier molecular flexibility index (Phi) is 1.56. The lowest BCUT2D eigenvalue weighted by Crippen LogP contribution is -2.52. The van der Waals surface area contributed by atoms with Gasteiger partial charge in [0, 0.05) is 6.04 Å². The van der Waals surface area contributed by atoms with E-state index in [0.29, 0.717) is 12.0 Å². The molecule has 0 radical (unpaired) electrons. The minimum Gasteiger partial charge on any atom is -0.345 e. The molecule has 2 amide bonds. The number of rotatable bonds is 1. The van der Waals surface area contributed by atoms with Crippen LogP contribution in [0.1, 0.15) is 13.3 Å². The molecule has 2 unspecified atom stereocenters. The van der Waals surface area contributed by atoms with Crippen molar-refractivity contribution in [3.05, 3.63) is 0 Å². The van der Waals surface area contributed by atoms with Gasteiger partial charge in [0.25, 0.3) is 0 Å². The zero-order valence-corrected chi connectivity index (χ0v) is 7.04. The molecule has 2 atom stereocenters. The number of nitrogens with one attached hydrogen (secondary N) is 1. The van der Waals surface area contributed by atoms with Crippen LogP contribution in [0.25, 0.3) is 0 Å². The molecule has 2 aliphatic rings. The fourth-order valence-corrected chi connectivity index (χ4v) is 1.61. The summed E-state index contributed by atoms with van der Waals surface area (Å²) in [5, 5.41) is 2.53. The van der Waals surface area contributed by atoms with Crippen LogP contribution in [0.3, 0.4) is 0 Å². The summed E-state index contributed by atoms with van der Waals surface area (Å²) in [6, 6.07) is 0.337. The molecule has 1 saturated carbocycles. The van der Waals surface area contributed by atoms with Crippen LogP contribution in [0, 0.1) is 5.92 Å². The van der Waals surface area contributed by atoms with Gasteiger partial charge in [-0.1, -0.05) is 6.92 Å². The van der Waals surface area contributed by atoms with Gasteiger partial charge in [-0.2, -0.15) is 0 Å². The molecule has 2 fully saturated rings. The Labute approximate surface area is 70.9 Å². The number of nitrogens with zero attached hydrogens (tertiary/aromatic N) is 1. The maximum atomic E-state index is 11.3. The van der Waals surface area contributed by atoms with Crippen molar-refractivity contribution >= 4 is 11.8 Å². The minimum atomic E-state index is -0.0336. The third-order valence-corrected chi connectivity index (χ3v) is 2.54. The number of carbonyl (C=O) groups excluding carboxylic acids is 2. The van der Waals surface area contributed by atoms with E-state index in [1.165, 1.54) is 0 Å². The van der Waals surface area contributed by atoms with Gasteiger partial charge in [0.1, 0.15) is 0 Å². The Morgan fingerprint density at radius 2 is 2.17 bits per heavy atom. The highest BCUT2D eigenvalue weighted by Gasteiger charge is 2.42. The SMILES string of the molecule is CC1CC1N1CC(=O)NCC1=O. The predicted molar refractivity (Wildman–Crippen MR) is 42.3 cm³/mol. The number of carbonyl (C=O) groups is 2. The first kappa shape index (κ1) is 7.58. The molecule has 0 aromatic rings. The second-order valence-corrected chi connectivity index (χ2v) is 3.58. The van der Waals surface area contributed by atoms with E-state index in [2.05, 4.69) is 12.2 Å². The summed E-state index contributed by atoms with van der Waals surface area (Å²) in [7, 11) is 0. The van der Waals surface area contributed by atoms with Crippen LogP contribution in [0.5, 0.6) is 0 Å². The van der Waals surface area contributed by atoms with Crippen molar-refractivity contribution in [1.82, 2.24) is 10.2 Å². The van der Waals surface area contributed by atoms with Gasteiger partial charge in [-0.05, 0) is 12.3 Å². The van der Waals surface area contributed by atoms with E-state index in [4.69, 9.17) is 0 Å². The Morgan fingerprint density at radius 3 is 2.75 bits per heavy atom. The van der Waals surface area contributed by atoms with Crippen molar-refractivity contribution in [3.63, 3.8) is 0 Å². The molecule has 0 aromatic heterocycles. The molecule has 0 bridgehead atoms. The van der Waals surface area contributed by atoms with Crippen molar-refractivity contribution in [3.8, 4) is 0 Å². The highest BCUT2D eigenvalue weighted by molar-refractivity contribution is 5.92. The van der Waals surface area contributed by atoms with Gasteiger partial charge in [-0.3, -0.25) is 9.59 Å². The molecule has 1 aliphatic carbocycles. The second kappa shape index (κ2) is 2.47. The third-order valence-electron chi connectivity index (χ3n) is 2.54. The normalized spacial score (nSPS) is 34.9. The summed E-state index contributed by atoms with van der Waals surface area (Å²) >= 11 is 0. The van der Waals surface area contributed by atoms with Crippen molar-refractivity contribution < 1.29 is 9.59 Å². The first-order chi connectivity index (χ1) is 5.68. The topological polar surface area (TPSA) is 49.4 Å². The van der Waals surface area contributed by atoms with E-state index < -0.39 is 0 Å². The van der Waals surface area contributed by atoms with Gasteiger partial charge in [0.05, 0.1) is 13.1 Å². The van der Waals surface area contributed by atoms with E-state index in [1.807, 2.05) is 0 Å². The number of amides is 2. The summed E-state index contributed by atoms with van der Waals surface area (Å²) in [6.07, 6.45) is 1.05. The Balaban J connectivity index is 2.02. The smallest absolute Gasteiger partial charge is 0.242 e. The standard InChI is InChI=1S/C8H12N2O2/c1-5-2-6(5)10-4-7(11)9-3-8(10)12/h5-6H,2-4H2,1H3,(H,9,11). The van der Waals surface area contributed by atoms with Crippen LogP contribution in [-0.2, 0) is 9.59 Å². The summed E-state index contributed by atoms with van der Waals surface area (Å²) in [6.45, 7) is 2.54. The quantitative estimate of drug-likeness (QED) is 0.566. The van der Waals surface area contributed by atoms with E-state index >= 15 is 0 Å². The van der Waals surface area contributed by atoms with Crippen LogP contribution >= 0.6 is 0 Å². The number of hydrogen-bond donors (Lipinski definition) is 1. The van der Waals surface area contributed by atoms with E-state index in [1.54, 1.807) is 4.90 Å². The maximum absolute atomic E-state index is 11.3. The van der Waals surface area contributed by atoms with Crippen LogP contribution in [0.15, 0.2) is 0 Å². The molecule has 4 heteroatoms. The number of hydrogen-bond acceptors (Lipinski definition) is 2. The van der Waals surface area contributed by atoms with Crippen molar-refractivity contribution in [1.29, 1.82) is 0 Å². The maximum Gasteiger partial charge on any atom is 0.242 e. The highest BCUT2D eigenvalue weighted by atomic mass is 16.2. The lowest BCUT2D eigenvalue weighted by molar-refractivity contribution is -0.141. The third kappa shape index (κ3) is 1.17. The minimum absolute atomic E-state index is 0.0336. The first-order valence-electron chi connectivity index (χ1n) is 4.24. The van der Waals surface area contributed by atoms with Crippen LogP contribution in [0.4, 0.5) is 0 Å². The largest absolute Gasteiger partial charge is 0.345 e. The van der Waals surface area contributed by atoms with E-state index in [9.17, 15) is 9.59 Å². The highest BCUT2D eigenvalue weighted by Crippen LogP contribution is 2.35.